The van der Waals surface area contributed by atoms with E-state index in [0.717, 1.165) is 47.5 Å². The number of aldehydes is 1. The van der Waals surface area contributed by atoms with Crippen LogP contribution in [0, 0.1) is 5.41 Å². The number of carbonyl (C=O) groups excluding carboxylic acids is 2. The van der Waals surface area contributed by atoms with E-state index in [1.165, 1.54) is 0 Å². The first-order valence-corrected chi connectivity index (χ1v) is 10.1. The van der Waals surface area contributed by atoms with Crippen molar-refractivity contribution in [3.8, 4) is 11.3 Å². The number of piperazine rings is 1. The molecule has 30 heavy (non-hydrogen) atoms. The average Bonchev–Trinajstić information content (AvgIpc) is 3.15. The van der Waals surface area contributed by atoms with Gasteiger partial charge in [0.1, 0.15) is 17.6 Å². The molecular formula is C22H26N6O2. The minimum absolute atomic E-state index is 0.111. The summed E-state index contributed by atoms with van der Waals surface area (Å²) in [6.07, 6.45) is 6.98. The van der Waals surface area contributed by atoms with Gasteiger partial charge in [0.2, 0.25) is 5.91 Å². The SMILES string of the molecule is CC(=O)N1CCN(c2cc(-c3cnc4[nH]cc(CC(C)(C)C=O)c4n3)ccn2)CC1. The minimum Gasteiger partial charge on any atom is -0.353 e. The summed E-state index contributed by atoms with van der Waals surface area (Å²) in [4.78, 5) is 44.0. The van der Waals surface area contributed by atoms with Crippen molar-refractivity contribution in [2.24, 2.45) is 5.41 Å². The van der Waals surface area contributed by atoms with E-state index < -0.39 is 5.41 Å². The number of rotatable bonds is 5. The number of anilines is 1. The second kappa shape index (κ2) is 7.85. The number of pyridine rings is 1. The van der Waals surface area contributed by atoms with Crippen molar-refractivity contribution in [2.45, 2.75) is 27.2 Å². The molecule has 1 aliphatic rings. The molecule has 0 radical (unpaired) electrons. The van der Waals surface area contributed by atoms with Crippen molar-refractivity contribution in [1.29, 1.82) is 0 Å². The van der Waals surface area contributed by atoms with Gasteiger partial charge in [0.05, 0.1) is 11.9 Å². The molecule has 3 aromatic heterocycles. The smallest absolute Gasteiger partial charge is 0.219 e. The first-order chi connectivity index (χ1) is 14.4. The second-order valence-corrected chi connectivity index (χ2v) is 8.45. The van der Waals surface area contributed by atoms with E-state index in [2.05, 4.69) is 19.9 Å². The molecule has 1 aliphatic heterocycles. The van der Waals surface area contributed by atoms with Gasteiger partial charge in [-0.15, -0.1) is 0 Å². The molecule has 0 bridgehead atoms. The predicted octanol–water partition coefficient (Wildman–Crippen LogP) is 2.46. The van der Waals surface area contributed by atoms with Gasteiger partial charge >= 0.3 is 0 Å². The Morgan fingerprint density at radius 1 is 1.23 bits per heavy atom. The third-order valence-electron chi connectivity index (χ3n) is 5.52. The van der Waals surface area contributed by atoms with Crippen LogP contribution in [0.2, 0.25) is 0 Å². The van der Waals surface area contributed by atoms with Crippen molar-refractivity contribution in [3.63, 3.8) is 0 Å². The summed E-state index contributed by atoms with van der Waals surface area (Å²) in [5, 5.41) is 0. The molecule has 8 heteroatoms. The van der Waals surface area contributed by atoms with Gasteiger partial charge in [-0.2, -0.15) is 0 Å². The number of fused-ring (bicyclic) bond motifs is 1. The van der Waals surface area contributed by atoms with E-state index in [9.17, 15) is 9.59 Å². The Labute approximate surface area is 175 Å². The first kappa shape index (κ1) is 20.0. The van der Waals surface area contributed by atoms with Crippen molar-refractivity contribution in [3.05, 3.63) is 36.3 Å². The Balaban J connectivity index is 1.61. The van der Waals surface area contributed by atoms with Crippen molar-refractivity contribution in [1.82, 2.24) is 24.8 Å². The Morgan fingerprint density at radius 3 is 2.70 bits per heavy atom. The number of nitrogens with zero attached hydrogens (tertiary/aromatic N) is 5. The van der Waals surface area contributed by atoms with Crippen LogP contribution in [0.15, 0.2) is 30.7 Å². The van der Waals surface area contributed by atoms with E-state index >= 15 is 0 Å². The largest absolute Gasteiger partial charge is 0.353 e. The highest BCUT2D eigenvalue weighted by Crippen LogP contribution is 2.27. The van der Waals surface area contributed by atoms with Crippen LogP contribution in [-0.4, -0.2) is 63.2 Å². The number of amides is 1. The molecule has 1 amide bonds. The van der Waals surface area contributed by atoms with Gasteiger partial charge in [-0.1, -0.05) is 13.8 Å². The van der Waals surface area contributed by atoms with Crippen LogP contribution in [0.25, 0.3) is 22.4 Å². The van der Waals surface area contributed by atoms with Gasteiger partial charge in [-0.3, -0.25) is 4.79 Å². The predicted molar refractivity (Wildman–Crippen MR) is 115 cm³/mol. The molecule has 156 valence electrons. The summed E-state index contributed by atoms with van der Waals surface area (Å²) >= 11 is 0. The molecular weight excluding hydrogens is 380 g/mol. The Bertz CT molecular complexity index is 1080. The van der Waals surface area contributed by atoms with Gasteiger partial charge < -0.3 is 19.6 Å². The lowest BCUT2D eigenvalue weighted by atomic mass is 9.88. The Morgan fingerprint density at radius 2 is 2.00 bits per heavy atom. The van der Waals surface area contributed by atoms with Gasteiger partial charge in [0.25, 0.3) is 0 Å². The summed E-state index contributed by atoms with van der Waals surface area (Å²) < 4.78 is 0. The molecule has 1 N–H and O–H groups in total. The van der Waals surface area contributed by atoms with Crippen LogP contribution < -0.4 is 4.90 Å². The number of nitrogens with one attached hydrogen (secondary N) is 1. The number of H-pyrrole nitrogens is 1. The standard InChI is InChI=1S/C22H26N6O2/c1-15(30)27-6-8-28(9-7-27)19-10-16(4-5-23-19)18-13-25-21-20(26-18)17(12-24-21)11-22(2,3)14-29/h4-5,10,12-14H,6-9,11H2,1-3H3,(H,24,25). The Hall–Kier alpha value is -3.29. The first-order valence-electron chi connectivity index (χ1n) is 10.1. The molecule has 0 saturated carbocycles. The van der Waals surface area contributed by atoms with Crippen LogP contribution in [0.3, 0.4) is 0 Å². The maximum atomic E-state index is 11.6. The lowest BCUT2D eigenvalue weighted by Gasteiger charge is -2.35. The summed E-state index contributed by atoms with van der Waals surface area (Å²) in [7, 11) is 0. The zero-order valence-corrected chi connectivity index (χ0v) is 17.6. The topological polar surface area (TPSA) is 95.1 Å². The van der Waals surface area contributed by atoms with Crippen LogP contribution in [0.4, 0.5) is 5.82 Å². The highest BCUT2D eigenvalue weighted by molar-refractivity contribution is 5.79. The van der Waals surface area contributed by atoms with Gasteiger partial charge in [0, 0.05) is 56.5 Å². The molecule has 0 unspecified atom stereocenters. The number of carbonyl (C=O) groups is 2. The normalized spacial score (nSPS) is 14.9. The fraction of sp³-hybridized carbons (Fsp3) is 0.409. The van der Waals surface area contributed by atoms with Crippen LogP contribution >= 0.6 is 0 Å². The lowest BCUT2D eigenvalue weighted by Crippen LogP contribution is -2.48. The maximum absolute atomic E-state index is 11.6. The zero-order chi connectivity index (χ0) is 21.3. The van der Waals surface area contributed by atoms with Gasteiger partial charge in [0.15, 0.2) is 5.65 Å². The molecule has 0 aromatic carbocycles. The Kier molecular flexibility index (Phi) is 5.24. The zero-order valence-electron chi connectivity index (χ0n) is 17.6. The number of aromatic amines is 1. The summed E-state index contributed by atoms with van der Waals surface area (Å²) in [5.74, 6) is 0.981. The summed E-state index contributed by atoms with van der Waals surface area (Å²) in [6.45, 7) is 8.34. The fourth-order valence-electron chi connectivity index (χ4n) is 3.75. The molecule has 4 rings (SSSR count). The van der Waals surface area contributed by atoms with Crippen molar-refractivity contribution in [2.75, 3.05) is 31.1 Å². The van der Waals surface area contributed by atoms with Crippen molar-refractivity contribution < 1.29 is 9.59 Å². The third-order valence-corrected chi connectivity index (χ3v) is 5.52. The van der Waals surface area contributed by atoms with Crippen LogP contribution in [0.5, 0.6) is 0 Å². The molecule has 0 spiro atoms. The molecule has 1 saturated heterocycles. The molecule has 0 atom stereocenters. The number of hydrogen-bond acceptors (Lipinski definition) is 6. The van der Waals surface area contributed by atoms with E-state index in [1.807, 2.05) is 37.1 Å². The van der Waals surface area contributed by atoms with E-state index in [1.54, 1.807) is 19.3 Å². The maximum Gasteiger partial charge on any atom is 0.219 e. The fourth-order valence-corrected chi connectivity index (χ4v) is 3.75. The molecule has 3 aromatic rings. The molecule has 8 nitrogen and oxygen atoms in total. The number of hydrogen-bond donors (Lipinski definition) is 1. The van der Waals surface area contributed by atoms with E-state index in [-0.39, 0.29) is 5.91 Å². The highest BCUT2D eigenvalue weighted by Gasteiger charge is 2.22. The van der Waals surface area contributed by atoms with Crippen molar-refractivity contribution >= 4 is 29.2 Å². The molecule has 0 aliphatic carbocycles. The lowest BCUT2D eigenvalue weighted by molar-refractivity contribution is -0.129. The highest BCUT2D eigenvalue weighted by atomic mass is 16.2. The third kappa shape index (κ3) is 4.03. The minimum atomic E-state index is -0.460. The van der Waals surface area contributed by atoms with E-state index in [0.29, 0.717) is 25.2 Å². The monoisotopic (exact) mass is 406 g/mol. The van der Waals surface area contributed by atoms with Gasteiger partial charge in [-0.05, 0) is 24.1 Å². The summed E-state index contributed by atoms with van der Waals surface area (Å²) in [5.41, 5.74) is 3.72. The van der Waals surface area contributed by atoms with E-state index in [4.69, 9.17) is 4.98 Å². The van der Waals surface area contributed by atoms with Gasteiger partial charge in [-0.25, -0.2) is 15.0 Å². The average molecular weight is 406 g/mol. The van der Waals surface area contributed by atoms with Crippen LogP contribution in [0.1, 0.15) is 26.3 Å². The number of aromatic nitrogens is 4. The molecule has 4 heterocycles. The quantitative estimate of drug-likeness (QED) is 0.654. The second-order valence-electron chi connectivity index (χ2n) is 8.45. The summed E-state index contributed by atoms with van der Waals surface area (Å²) in [6, 6.07) is 3.94. The molecule has 1 fully saturated rings. The van der Waals surface area contributed by atoms with Crippen LogP contribution in [-0.2, 0) is 16.0 Å².